The minimum atomic E-state index is -0.855. The Kier molecular flexibility index (Phi) is 4.81. The first kappa shape index (κ1) is 15.4. The molecule has 2 unspecified atom stereocenters. The van der Waals surface area contributed by atoms with Gasteiger partial charge in [-0.1, -0.05) is 17.7 Å². The van der Waals surface area contributed by atoms with Crippen molar-refractivity contribution in [1.29, 1.82) is 0 Å². The summed E-state index contributed by atoms with van der Waals surface area (Å²) in [6.45, 7) is 4.09. The van der Waals surface area contributed by atoms with E-state index in [1.165, 1.54) is 17.4 Å². The quantitative estimate of drug-likeness (QED) is 0.898. The van der Waals surface area contributed by atoms with E-state index in [4.69, 9.17) is 17.3 Å². The van der Waals surface area contributed by atoms with Gasteiger partial charge in [-0.25, -0.2) is 4.39 Å². The molecule has 2 aromatic rings. The van der Waals surface area contributed by atoms with Crippen LogP contribution in [0.1, 0.15) is 32.9 Å². The zero-order valence-corrected chi connectivity index (χ0v) is 12.9. The van der Waals surface area contributed by atoms with Crippen LogP contribution in [0.5, 0.6) is 0 Å². The van der Waals surface area contributed by atoms with Crippen LogP contribution < -0.4 is 5.73 Å². The largest absolute Gasteiger partial charge is 0.387 e. The second kappa shape index (κ2) is 6.22. The first-order chi connectivity index (χ1) is 9.45. The van der Waals surface area contributed by atoms with E-state index in [2.05, 4.69) is 0 Å². The second-order valence-electron chi connectivity index (χ2n) is 4.81. The Morgan fingerprint density at radius 2 is 2.10 bits per heavy atom. The number of halogens is 2. The molecule has 0 radical (unpaired) electrons. The number of aliphatic hydroxyl groups is 1. The van der Waals surface area contributed by atoms with Crippen molar-refractivity contribution < 1.29 is 9.50 Å². The van der Waals surface area contributed by atoms with Crippen LogP contribution in [0.3, 0.4) is 0 Å². The van der Waals surface area contributed by atoms with Gasteiger partial charge in [0.2, 0.25) is 0 Å². The predicted molar refractivity (Wildman–Crippen MR) is 82.0 cm³/mol. The molecule has 0 aliphatic heterocycles. The van der Waals surface area contributed by atoms with Crippen molar-refractivity contribution in [1.82, 2.24) is 0 Å². The molecule has 20 heavy (non-hydrogen) atoms. The zero-order valence-electron chi connectivity index (χ0n) is 11.4. The Morgan fingerprint density at radius 1 is 1.40 bits per heavy atom. The van der Waals surface area contributed by atoms with Crippen molar-refractivity contribution in [3.05, 3.63) is 56.0 Å². The van der Waals surface area contributed by atoms with Gasteiger partial charge in [0.05, 0.1) is 6.10 Å². The summed E-state index contributed by atoms with van der Waals surface area (Å²) in [5, 5.41) is 10.8. The van der Waals surface area contributed by atoms with E-state index >= 15 is 0 Å². The van der Waals surface area contributed by atoms with Gasteiger partial charge in [0.25, 0.3) is 0 Å². The van der Waals surface area contributed by atoms with E-state index in [0.717, 1.165) is 15.3 Å². The van der Waals surface area contributed by atoms with Gasteiger partial charge in [-0.05, 0) is 37.6 Å². The minimum absolute atomic E-state index is 0.123. The highest BCUT2D eigenvalue weighted by atomic mass is 35.5. The molecule has 0 bridgehead atoms. The topological polar surface area (TPSA) is 46.2 Å². The number of benzene rings is 1. The van der Waals surface area contributed by atoms with Crippen molar-refractivity contribution >= 4 is 22.9 Å². The van der Waals surface area contributed by atoms with Crippen molar-refractivity contribution in [2.75, 3.05) is 6.54 Å². The monoisotopic (exact) mass is 313 g/mol. The number of rotatable bonds is 4. The normalized spacial score (nSPS) is 14.3. The molecule has 2 rings (SSSR count). The predicted octanol–water partition coefficient (Wildman–Crippen LogP) is 3.93. The van der Waals surface area contributed by atoms with E-state index in [1.54, 1.807) is 12.1 Å². The Balaban J connectivity index is 2.42. The molecule has 0 saturated heterocycles. The molecule has 0 saturated carbocycles. The summed E-state index contributed by atoms with van der Waals surface area (Å²) in [6, 6.07) is 6.41. The third kappa shape index (κ3) is 2.88. The van der Waals surface area contributed by atoms with Crippen LogP contribution in [-0.4, -0.2) is 11.7 Å². The molecule has 108 valence electrons. The van der Waals surface area contributed by atoms with E-state index in [9.17, 15) is 9.50 Å². The lowest BCUT2D eigenvalue weighted by atomic mass is 9.92. The van der Waals surface area contributed by atoms with Gasteiger partial charge in [0.15, 0.2) is 0 Å². The first-order valence-corrected chi connectivity index (χ1v) is 7.54. The van der Waals surface area contributed by atoms with Crippen molar-refractivity contribution in [2.45, 2.75) is 25.9 Å². The fraction of sp³-hybridized carbons (Fsp3) is 0.333. The Morgan fingerprint density at radius 3 is 2.60 bits per heavy atom. The van der Waals surface area contributed by atoms with E-state index < -0.39 is 17.8 Å². The summed E-state index contributed by atoms with van der Waals surface area (Å²) in [5.41, 5.74) is 7.14. The maximum absolute atomic E-state index is 14.0. The molecule has 1 heterocycles. The number of thiophene rings is 1. The third-order valence-electron chi connectivity index (χ3n) is 3.48. The third-order valence-corrected chi connectivity index (χ3v) is 5.03. The average molecular weight is 314 g/mol. The van der Waals surface area contributed by atoms with Gasteiger partial charge in [-0.3, -0.25) is 0 Å². The van der Waals surface area contributed by atoms with Gasteiger partial charge >= 0.3 is 0 Å². The number of nitrogens with two attached hydrogens (primary N) is 1. The van der Waals surface area contributed by atoms with Crippen LogP contribution in [0.4, 0.5) is 4.39 Å². The molecule has 2 nitrogen and oxygen atoms in total. The van der Waals surface area contributed by atoms with Crippen molar-refractivity contribution in [3.63, 3.8) is 0 Å². The lowest BCUT2D eigenvalue weighted by Gasteiger charge is -2.22. The van der Waals surface area contributed by atoms with Crippen LogP contribution in [0.15, 0.2) is 24.3 Å². The minimum Gasteiger partial charge on any atom is -0.387 e. The summed E-state index contributed by atoms with van der Waals surface area (Å²) < 4.78 is 14.0. The summed E-state index contributed by atoms with van der Waals surface area (Å²) >= 11 is 7.57. The lowest BCUT2D eigenvalue weighted by molar-refractivity contribution is 0.149. The molecule has 1 aromatic heterocycles. The van der Waals surface area contributed by atoms with Crippen molar-refractivity contribution in [3.8, 4) is 0 Å². The Bertz CT molecular complexity index is 574. The van der Waals surface area contributed by atoms with Crippen LogP contribution in [0, 0.1) is 19.7 Å². The molecular weight excluding hydrogens is 297 g/mol. The van der Waals surface area contributed by atoms with E-state index in [-0.39, 0.29) is 12.1 Å². The maximum Gasteiger partial charge on any atom is 0.128 e. The second-order valence-corrected chi connectivity index (χ2v) is 6.51. The molecule has 1 aromatic carbocycles. The summed E-state index contributed by atoms with van der Waals surface area (Å²) in [4.78, 5) is 1.92. The molecule has 0 aliphatic rings. The fourth-order valence-corrected chi connectivity index (χ4v) is 3.61. The highest BCUT2D eigenvalue weighted by Crippen LogP contribution is 2.38. The summed E-state index contributed by atoms with van der Waals surface area (Å²) in [5.74, 6) is -0.988. The number of aryl methyl sites for hydroxylation is 2. The molecule has 5 heteroatoms. The van der Waals surface area contributed by atoms with Crippen molar-refractivity contribution in [2.24, 2.45) is 5.73 Å². The lowest BCUT2D eigenvalue weighted by Crippen LogP contribution is -2.21. The van der Waals surface area contributed by atoms with Crippen LogP contribution >= 0.6 is 22.9 Å². The first-order valence-electron chi connectivity index (χ1n) is 6.34. The van der Waals surface area contributed by atoms with Gasteiger partial charge in [-0.15, -0.1) is 11.3 Å². The van der Waals surface area contributed by atoms with Gasteiger partial charge in [0, 0.05) is 32.8 Å². The molecule has 0 spiro atoms. The smallest absolute Gasteiger partial charge is 0.128 e. The van der Waals surface area contributed by atoms with E-state index in [1.807, 2.05) is 19.9 Å². The molecule has 2 atom stereocenters. The molecule has 3 N–H and O–H groups in total. The molecule has 0 amide bonds. The Labute approximate surface area is 127 Å². The number of aliphatic hydroxyl groups excluding tert-OH is 1. The fourth-order valence-electron chi connectivity index (χ4n) is 2.22. The van der Waals surface area contributed by atoms with Crippen LogP contribution in [-0.2, 0) is 0 Å². The average Bonchev–Trinajstić information content (AvgIpc) is 2.73. The van der Waals surface area contributed by atoms with Crippen LogP contribution in [0.25, 0.3) is 0 Å². The molecule has 0 fully saturated rings. The highest BCUT2D eigenvalue weighted by Gasteiger charge is 2.27. The van der Waals surface area contributed by atoms with Gasteiger partial charge in [-0.2, -0.15) is 0 Å². The SMILES string of the molecule is Cc1cc(C(O)C(CN)c2c(F)cccc2Cl)sc1C. The van der Waals surface area contributed by atoms with Crippen LogP contribution in [0.2, 0.25) is 5.02 Å². The molecular formula is C15H17ClFNOS. The Hall–Kier alpha value is -0.940. The number of hydrogen-bond donors (Lipinski definition) is 2. The highest BCUT2D eigenvalue weighted by molar-refractivity contribution is 7.12. The summed E-state index contributed by atoms with van der Waals surface area (Å²) in [6.07, 6.45) is -0.855. The van der Waals surface area contributed by atoms with Gasteiger partial charge in [0.1, 0.15) is 5.82 Å². The zero-order chi connectivity index (χ0) is 14.9. The number of hydrogen-bond acceptors (Lipinski definition) is 3. The summed E-state index contributed by atoms with van der Waals surface area (Å²) in [7, 11) is 0. The molecule has 0 aliphatic carbocycles. The maximum atomic E-state index is 14.0. The standard InChI is InChI=1S/C15H17ClFNOS/c1-8-6-13(20-9(8)2)15(19)10(7-18)14-11(16)4-3-5-12(14)17/h3-6,10,15,19H,7,18H2,1-2H3. The van der Waals surface area contributed by atoms with E-state index in [0.29, 0.717) is 5.02 Å². The van der Waals surface area contributed by atoms with Gasteiger partial charge < -0.3 is 10.8 Å².